The molecular formula is C25H24ClIN2O5. The van der Waals surface area contributed by atoms with Crippen LogP contribution in [0.25, 0.3) is 6.08 Å². The summed E-state index contributed by atoms with van der Waals surface area (Å²) in [4.78, 5) is 39.3. The zero-order valence-corrected chi connectivity index (χ0v) is 21.5. The van der Waals surface area contributed by atoms with E-state index in [9.17, 15) is 14.4 Å². The second kappa shape index (κ2) is 10.8. The van der Waals surface area contributed by atoms with Crippen LogP contribution in [-0.4, -0.2) is 35.9 Å². The van der Waals surface area contributed by atoms with Gasteiger partial charge in [-0.2, -0.15) is 0 Å². The molecular weight excluding hydrogens is 571 g/mol. The fourth-order valence-electron chi connectivity index (χ4n) is 4.24. The maximum absolute atomic E-state index is 13.2. The number of hydrogen-bond acceptors (Lipinski definition) is 5. The molecule has 9 heteroatoms. The highest BCUT2D eigenvalue weighted by atomic mass is 127. The van der Waals surface area contributed by atoms with E-state index < -0.39 is 17.8 Å². The fourth-order valence-corrected chi connectivity index (χ4v) is 5.21. The van der Waals surface area contributed by atoms with Crippen LogP contribution in [0.1, 0.15) is 43.2 Å². The zero-order chi connectivity index (χ0) is 24.2. The van der Waals surface area contributed by atoms with Crippen LogP contribution < -0.4 is 14.8 Å². The first kappa shape index (κ1) is 24.5. The van der Waals surface area contributed by atoms with Gasteiger partial charge >= 0.3 is 6.03 Å². The van der Waals surface area contributed by atoms with Gasteiger partial charge in [0.2, 0.25) is 0 Å². The molecule has 0 unspecified atom stereocenters. The Labute approximate surface area is 216 Å². The molecule has 4 amide bonds. The average Bonchev–Trinajstić information content (AvgIpc) is 2.82. The molecule has 0 spiro atoms. The third-order valence-electron chi connectivity index (χ3n) is 5.97. The van der Waals surface area contributed by atoms with Crippen molar-refractivity contribution in [3.63, 3.8) is 0 Å². The third kappa shape index (κ3) is 5.22. The van der Waals surface area contributed by atoms with E-state index in [0.717, 1.165) is 41.2 Å². The number of hydrogen-bond donors (Lipinski definition) is 1. The van der Waals surface area contributed by atoms with Crippen molar-refractivity contribution in [1.82, 2.24) is 10.2 Å². The summed E-state index contributed by atoms with van der Waals surface area (Å²) < 4.78 is 12.2. The average molecular weight is 595 g/mol. The number of amides is 4. The van der Waals surface area contributed by atoms with Gasteiger partial charge in [0.05, 0.1) is 10.7 Å². The summed E-state index contributed by atoms with van der Waals surface area (Å²) in [6.07, 6.45) is 6.00. The van der Waals surface area contributed by atoms with E-state index in [1.165, 1.54) is 18.1 Å². The molecule has 2 aromatic carbocycles. The number of carbonyl (C=O) groups excluding carboxylic acids is 3. The zero-order valence-electron chi connectivity index (χ0n) is 18.6. The molecule has 1 N–H and O–H groups in total. The Bertz CT molecular complexity index is 1160. The van der Waals surface area contributed by atoms with Gasteiger partial charge in [0.25, 0.3) is 11.8 Å². The van der Waals surface area contributed by atoms with E-state index in [0.29, 0.717) is 22.1 Å². The van der Waals surface area contributed by atoms with Crippen molar-refractivity contribution in [2.75, 3.05) is 7.11 Å². The number of rotatable bonds is 6. The Kier molecular flexibility index (Phi) is 7.77. The molecule has 2 fully saturated rings. The van der Waals surface area contributed by atoms with Crippen molar-refractivity contribution in [3.05, 3.63) is 61.7 Å². The number of urea groups is 1. The Morgan fingerprint density at radius 2 is 1.88 bits per heavy atom. The van der Waals surface area contributed by atoms with Crippen molar-refractivity contribution in [2.24, 2.45) is 0 Å². The molecule has 7 nitrogen and oxygen atoms in total. The van der Waals surface area contributed by atoms with E-state index in [4.69, 9.17) is 21.1 Å². The second-order valence-electron chi connectivity index (χ2n) is 8.20. The van der Waals surface area contributed by atoms with Crippen molar-refractivity contribution < 1.29 is 23.9 Å². The molecule has 1 aliphatic carbocycles. The normalized spacial score (nSPS) is 18.3. The number of nitrogens with one attached hydrogen (secondary N) is 1. The maximum atomic E-state index is 13.2. The molecule has 2 aromatic rings. The van der Waals surface area contributed by atoms with Crippen molar-refractivity contribution in [3.8, 4) is 11.5 Å². The van der Waals surface area contributed by atoms with E-state index in [1.807, 2.05) is 18.2 Å². The number of imide groups is 2. The lowest BCUT2D eigenvalue weighted by Crippen LogP contribution is -2.58. The van der Waals surface area contributed by atoms with Gasteiger partial charge in [-0.15, -0.1) is 0 Å². The number of carbonyl (C=O) groups is 3. The first-order valence-corrected chi connectivity index (χ1v) is 12.5. The highest BCUT2D eigenvalue weighted by molar-refractivity contribution is 14.1. The standard InChI is InChI=1S/C25H24ClIN2O5/c1-33-21-13-15(12-20(27)22(21)34-14-16-7-5-6-10-19(16)26)11-18-23(30)28-25(32)29(24(18)31)17-8-3-2-4-9-17/h5-7,10-13,17H,2-4,8-9,14H2,1H3,(H,28,30,32). The van der Waals surface area contributed by atoms with Crippen LogP contribution in [0.4, 0.5) is 4.79 Å². The van der Waals surface area contributed by atoms with Crippen LogP contribution in [0, 0.1) is 3.57 Å². The largest absolute Gasteiger partial charge is 0.493 e. The molecule has 0 atom stereocenters. The van der Waals surface area contributed by atoms with Crippen LogP contribution >= 0.6 is 34.2 Å². The van der Waals surface area contributed by atoms with Gasteiger partial charge in [-0.25, -0.2) is 4.79 Å². The summed E-state index contributed by atoms with van der Waals surface area (Å²) >= 11 is 8.34. The Morgan fingerprint density at radius 1 is 1.15 bits per heavy atom. The quantitative estimate of drug-likeness (QED) is 0.278. The Balaban J connectivity index is 1.60. The molecule has 4 rings (SSSR count). The molecule has 34 heavy (non-hydrogen) atoms. The van der Waals surface area contributed by atoms with Crippen molar-refractivity contribution in [2.45, 2.75) is 44.8 Å². The van der Waals surface area contributed by atoms with Crippen molar-refractivity contribution in [1.29, 1.82) is 0 Å². The third-order valence-corrected chi connectivity index (χ3v) is 7.14. The minimum absolute atomic E-state index is 0.0761. The van der Waals surface area contributed by atoms with Gasteiger partial charge in [0.15, 0.2) is 11.5 Å². The predicted octanol–water partition coefficient (Wildman–Crippen LogP) is 5.33. The molecule has 178 valence electrons. The van der Waals surface area contributed by atoms with Gasteiger partial charge in [-0.1, -0.05) is 49.1 Å². The van der Waals surface area contributed by atoms with E-state index in [1.54, 1.807) is 18.2 Å². The SMILES string of the molecule is COc1cc(C=C2C(=O)NC(=O)N(C3CCCCC3)C2=O)cc(I)c1OCc1ccccc1Cl. The van der Waals surface area contributed by atoms with Crippen molar-refractivity contribution >= 4 is 58.1 Å². The number of halogens is 2. The van der Waals surface area contributed by atoms with Gasteiger partial charge in [0.1, 0.15) is 12.2 Å². The first-order valence-electron chi connectivity index (χ1n) is 11.0. The summed E-state index contributed by atoms with van der Waals surface area (Å²) in [5.74, 6) is -0.276. The highest BCUT2D eigenvalue weighted by Crippen LogP contribution is 2.36. The molecule has 0 aromatic heterocycles. The number of nitrogens with zero attached hydrogens (tertiary/aromatic N) is 1. The monoisotopic (exact) mass is 594 g/mol. The smallest absolute Gasteiger partial charge is 0.331 e. The fraction of sp³-hybridized carbons (Fsp3) is 0.320. The summed E-state index contributed by atoms with van der Waals surface area (Å²) in [5, 5.41) is 2.92. The second-order valence-corrected chi connectivity index (χ2v) is 9.77. The summed E-state index contributed by atoms with van der Waals surface area (Å²) in [5.41, 5.74) is 1.35. The highest BCUT2D eigenvalue weighted by Gasteiger charge is 2.40. The molecule has 1 saturated carbocycles. The van der Waals surface area contributed by atoms with Crippen LogP contribution in [0.15, 0.2) is 42.0 Å². The van der Waals surface area contributed by atoms with Crippen LogP contribution in [0.5, 0.6) is 11.5 Å². The lowest BCUT2D eigenvalue weighted by Gasteiger charge is -2.35. The minimum Gasteiger partial charge on any atom is -0.493 e. The molecule has 1 saturated heterocycles. The first-order chi connectivity index (χ1) is 16.4. The summed E-state index contributed by atoms with van der Waals surface area (Å²) in [7, 11) is 1.52. The predicted molar refractivity (Wildman–Crippen MR) is 137 cm³/mol. The molecule has 1 heterocycles. The Morgan fingerprint density at radius 3 is 2.59 bits per heavy atom. The van der Waals surface area contributed by atoms with E-state index >= 15 is 0 Å². The number of barbiturate groups is 1. The number of methoxy groups -OCH3 is 1. The van der Waals surface area contributed by atoms with Crippen LogP contribution in [-0.2, 0) is 16.2 Å². The molecule has 2 aliphatic rings. The van der Waals surface area contributed by atoms with Crippen LogP contribution in [0.3, 0.4) is 0 Å². The molecule has 0 radical (unpaired) electrons. The van der Waals surface area contributed by atoms with Gasteiger partial charge in [-0.05, 0) is 65.3 Å². The van der Waals surface area contributed by atoms with E-state index in [2.05, 4.69) is 27.9 Å². The maximum Gasteiger partial charge on any atom is 0.331 e. The summed E-state index contributed by atoms with van der Waals surface area (Å²) in [6.45, 7) is 0.256. The molecule has 1 aliphatic heterocycles. The molecule has 0 bridgehead atoms. The van der Waals surface area contributed by atoms with Crippen LogP contribution in [0.2, 0.25) is 5.02 Å². The van der Waals surface area contributed by atoms with E-state index in [-0.39, 0.29) is 18.2 Å². The topological polar surface area (TPSA) is 84.9 Å². The summed E-state index contributed by atoms with van der Waals surface area (Å²) in [6, 6.07) is 10.1. The lowest BCUT2D eigenvalue weighted by atomic mass is 9.93. The lowest BCUT2D eigenvalue weighted by molar-refractivity contribution is -0.132. The number of benzene rings is 2. The minimum atomic E-state index is -0.699. The van der Waals surface area contributed by atoms with Gasteiger partial charge in [-0.3, -0.25) is 19.8 Å². The Hall–Kier alpha value is -2.59. The number of ether oxygens (including phenoxy) is 2. The van der Waals surface area contributed by atoms with Gasteiger partial charge in [0, 0.05) is 16.6 Å². The van der Waals surface area contributed by atoms with Gasteiger partial charge < -0.3 is 9.47 Å².